The number of nitrogens with one attached hydrogen (secondary N) is 1. The summed E-state index contributed by atoms with van der Waals surface area (Å²) in [6.45, 7) is 1.86. The highest BCUT2D eigenvalue weighted by molar-refractivity contribution is 5.97. The van der Waals surface area contributed by atoms with Crippen LogP contribution in [0.3, 0.4) is 0 Å². The van der Waals surface area contributed by atoms with Gasteiger partial charge in [0.25, 0.3) is 5.91 Å². The van der Waals surface area contributed by atoms with Gasteiger partial charge in [0.05, 0.1) is 18.1 Å². The second-order valence-corrected chi connectivity index (χ2v) is 3.64. The fourth-order valence-electron chi connectivity index (χ4n) is 1.38. The normalized spacial score (nSPS) is 11.5. The maximum absolute atomic E-state index is 11.8. The highest BCUT2D eigenvalue weighted by Crippen LogP contribution is 2.22. The van der Waals surface area contributed by atoms with Crippen molar-refractivity contribution < 1.29 is 15.0 Å². The molecule has 1 atom stereocenters. The fourth-order valence-corrected chi connectivity index (χ4v) is 1.38. The van der Waals surface area contributed by atoms with Crippen molar-refractivity contribution in [3.63, 3.8) is 0 Å². The molecule has 0 heterocycles. The molecule has 0 saturated carbocycles. The van der Waals surface area contributed by atoms with Gasteiger partial charge in [-0.25, -0.2) is 0 Å². The zero-order valence-electron chi connectivity index (χ0n) is 9.47. The molecule has 0 bridgehead atoms. The smallest absolute Gasteiger partial charge is 0.255 e. The largest absolute Gasteiger partial charge is 0.508 e. The van der Waals surface area contributed by atoms with Crippen LogP contribution in [0.15, 0.2) is 18.2 Å². The number of phenols is 2. The third kappa shape index (κ3) is 3.38. The van der Waals surface area contributed by atoms with Crippen molar-refractivity contribution in [1.82, 2.24) is 5.32 Å². The second kappa shape index (κ2) is 5.75. The number of aromatic hydroxyl groups is 2. The summed E-state index contributed by atoms with van der Waals surface area (Å²) in [4.78, 5) is 11.8. The molecule has 0 radical (unpaired) electrons. The minimum Gasteiger partial charge on any atom is -0.508 e. The summed E-state index contributed by atoms with van der Waals surface area (Å²) in [5.41, 5.74) is 0.0826. The molecule has 90 valence electrons. The number of hydrogen-bond donors (Lipinski definition) is 3. The minimum atomic E-state index is -0.454. The van der Waals surface area contributed by atoms with Gasteiger partial charge in [-0.15, -0.1) is 0 Å². The van der Waals surface area contributed by atoms with Crippen molar-refractivity contribution in [2.24, 2.45) is 0 Å². The van der Waals surface area contributed by atoms with Gasteiger partial charge in [-0.3, -0.25) is 4.79 Å². The lowest BCUT2D eigenvalue weighted by molar-refractivity contribution is 0.0934. The first-order chi connectivity index (χ1) is 8.08. The number of amides is 1. The molecule has 1 unspecified atom stereocenters. The first kappa shape index (κ1) is 12.8. The third-order valence-electron chi connectivity index (χ3n) is 2.39. The Labute approximate surface area is 99.3 Å². The van der Waals surface area contributed by atoms with Gasteiger partial charge in [0.15, 0.2) is 0 Å². The molecule has 1 amide bonds. The molecule has 0 aliphatic heterocycles. The van der Waals surface area contributed by atoms with Crippen molar-refractivity contribution in [3.05, 3.63) is 23.8 Å². The van der Waals surface area contributed by atoms with Crippen LogP contribution in [0.5, 0.6) is 11.5 Å². The van der Waals surface area contributed by atoms with Crippen LogP contribution >= 0.6 is 0 Å². The Bertz CT molecular complexity index is 452. The molecule has 0 spiro atoms. The van der Waals surface area contributed by atoms with E-state index in [1.807, 2.05) is 13.0 Å². The molecular formula is C12H14N2O3. The van der Waals surface area contributed by atoms with E-state index in [0.717, 1.165) is 6.07 Å². The predicted molar refractivity (Wildman–Crippen MR) is 61.5 cm³/mol. The van der Waals surface area contributed by atoms with Crippen LogP contribution in [-0.4, -0.2) is 22.2 Å². The summed E-state index contributed by atoms with van der Waals surface area (Å²) in [5, 5.41) is 29.8. The van der Waals surface area contributed by atoms with E-state index in [0.29, 0.717) is 6.42 Å². The van der Waals surface area contributed by atoms with E-state index in [-0.39, 0.29) is 29.5 Å². The van der Waals surface area contributed by atoms with Crippen molar-refractivity contribution in [2.75, 3.05) is 0 Å². The number of hydrogen-bond acceptors (Lipinski definition) is 4. The molecule has 1 aromatic carbocycles. The van der Waals surface area contributed by atoms with Crippen molar-refractivity contribution in [3.8, 4) is 17.6 Å². The van der Waals surface area contributed by atoms with Gasteiger partial charge in [-0.1, -0.05) is 6.92 Å². The van der Waals surface area contributed by atoms with E-state index in [4.69, 9.17) is 10.4 Å². The number of nitrogens with zero attached hydrogens (tertiary/aromatic N) is 1. The second-order valence-electron chi connectivity index (χ2n) is 3.64. The van der Waals surface area contributed by atoms with E-state index in [1.165, 1.54) is 12.1 Å². The van der Waals surface area contributed by atoms with Gasteiger partial charge in [0.2, 0.25) is 0 Å². The lowest BCUT2D eigenvalue weighted by atomic mass is 10.1. The van der Waals surface area contributed by atoms with Gasteiger partial charge in [0, 0.05) is 12.1 Å². The Morgan fingerprint density at radius 2 is 2.24 bits per heavy atom. The van der Waals surface area contributed by atoms with Gasteiger partial charge in [0.1, 0.15) is 11.5 Å². The van der Waals surface area contributed by atoms with Crippen LogP contribution in [0.1, 0.15) is 30.1 Å². The Kier molecular flexibility index (Phi) is 4.35. The van der Waals surface area contributed by atoms with Gasteiger partial charge in [-0.05, 0) is 18.6 Å². The molecule has 17 heavy (non-hydrogen) atoms. The summed E-state index contributed by atoms with van der Waals surface area (Å²) >= 11 is 0. The van der Waals surface area contributed by atoms with Crippen LogP contribution < -0.4 is 5.32 Å². The number of carbonyl (C=O) groups is 1. The maximum atomic E-state index is 11.8. The van der Waals surface area contributed by atoms with Gasteiger partial charge >= 0.3 is 0 Å². The number of benzene rings is 1. The molecule has 5 nitrogen and oxygen atoms in total. The first-order valence-corrected chi connectivity index (χ1v) is 5.28. The summed E-state index contributed by atoms with van der Waals surface area (Å²) in [5.74, 6) is -0.845. The predicted octanol–water partition coefficient (Wildman–Crippen LogP) is 1.52. The summed E-state index contributed by atoms with van der Waals surface area (Å²) in [6, 6.07) is 5.50. The van der Waals surface area contributed by atoms with Crippen LogP contribution in [0.2, 0.25) is 0 Å². The Morgan fingerprint density at radius 3 is 2.76 bits per heavy atom. The van der Waals surface area contributed by atoms with Crippen LogP contribution in [0.4, 0.5) is 0 Å². The molecule has 0 aromatic heterocycles. The molecule has 0 aliphatic rings. The molecule has 0 aliphatic carbocycles. The van der Waals surface area contributed by atoms with Crippen molar-refractivity contribution in [2.45, 2.75) is 25.8 Å². The molecule has 1 rings (SSSR count). The van der Waals surface area contributed by atoms with Gasteiger partial charge in [-0.2, -0.15) is 5.26 Å². The van der Waals surface area contributed by atoms with E-state index in [9.17, 15) is 9.90 Å². The first-order valence-electron chi connectivity index (χ1n) is 5.28. The number of phenolic OH excluding ortho intramolecular Hbond substituents is 2. The van der Waals surface area contributed by atoms with Crippen molar-refractivity contribution >= 4 is 5.91 Å². The van der Waals surface area contributed by atoms with Crippen molar-refractivity contribution in [1.29, 1.82) is 5.26 Å². The van der Waals surface area contributed by atoms with E-state index in [1.54, 1.807) is 0 Å². The Hall–Kier alpha value is -2.22. The molecule has 3 N–H and O–H groups in total. The Morgan fingerprint density at radius 1 is 1.53 bits per heavy atom. The van der Waals surface area contributed by atoms with Crippen LogP contribution in [-0.2, 0) is 0 Å². The quantitative estimate of drug-likeness (QED) is 0.736. The minimum absolute atomic E-state index is 0.0826. The monoisotopic (exact) mass is 234 g/mol. The Balaban J connectivity index is 2.79. The fraction of sp³-hybridized carbons (Fsp3) is 0.333. The topological polar surface area (TPSA) is 93.4 Å². The molecule has 5 heteroatoms. The van der Waals surface area contributed by atoms with Crippen LogP contribution in [0.25, 0.3) is 0 Å². The highest BCUT2D eigenvalue weighted by Gasteiger charge is 2.15. The van der Waals surface area contributed by atoms with E-state index < -0.39 is 5.91 Å². The summed E-state index contributed by atoms with van der Waals surface area (Å²) in [6.07, 6.45) is 0.860. The average Bonchev–Trinajstić information content (AvgIpc) is 2.28. The van der Waals surface area contributed by atoms with E-state index >= 15 is 0 Å². The molecular weight excluding hydrogens is 220 g/mol. The average molecular weight is 234 g/mol. The van der Waals surface area contributed by atoms with Crippen LogP contribution in [0, 0.1) is 11.3 Å². The molecule has 0 fully saturated rings. The number of rotatable bonds is 4. The lowest BCUT2D eigenvalue weighted by Gasteiger charge is -2.14. The summed E-state index contributed by atoms with van der Waals surface area (Å²) in [7, 11) is 0. The number of nitriles is 1. The SMILES string of the molecule is CCC(CC#N)NC(=O)c1ccc(O)cc1O. The standard InChI is InChI=1S/C12H14N2O3/c1-2-8(5-6-13)14-12(17)10-4-3-9(15)7-11(10)16/h3-4,7-8,15-16H,2,5H2,1H3,(H,14,17). The summed E-state index contributed by atoms with van der Waals surface area (Å²) < 4.78 is 0. The zero-order valence-corrected chi connectivity index (χ0v) is 9.47. The number of carbonyl (C=O) groups excluding carboxylic acids is 1. The maximum Gasteiger partial charge on any atom is 0.255 e. The highest BCUT2D eigenvalue weighted by atomic mass is 16.3. The molecule has 0 saturated heterocycles. The third-order valence-corrected chi connectivity index (χ3v) is 2.39. The van der Waals surface area contributed by atoms with Gasteiger partial charge < -0.3 is 15.5 Å². The molecule has 1 aromatic rings. The lowest BCUT2D eigenvalue weighted by Crippen LogP contribution is -2.34. The zero-order chi connectivity index (χ0) is 12.8. The van der Waals surface area contributed by atoms with E-state index in [2.05, 4.69) is 5.32 Å².